The zero-order valence-corrected chi connectivity index (χ0v) is 18.3. The second-order valence-corrected chi connectivity index (χ2v) is 7.65. The number of fused-ring (bicyclic) bond motifs is 1. The van der Waals surface area contributed by atoms with Gasteiger partial charge < -0.3 is 9.30 Å². The second kappa shape index (κ2) is 8.59. The highest BCUT2D eigenvalue weighted by Crippen LogP contribution is 2.25. The summed E-state index contributed by atoms with van der Waals surface area (Å²) in [6.07, 6.45) is 7.50. The van der Waals surface area contributed by atoms with Crippen molar-refractivity contribution in [3.63, 3.8) is 0 Å². The van der Waals surface area contributed by atoms with E-state index in [0.717, 1.165) is 28.4 Å². The number of hydrogen-bond donors (Lipinski definition) is 0. The van der Waals surface area contributed by atoms with Crippen molar-refractivity contribution in [3.8, 4) is 17.1 Å². The van der Waals surface area contributed by atoms with E-state index in [2.05, 4.69) is 4.98 Å². The van der Waals surface area contributed by atoms with Gasteiger partial charge in [0.25, 0.3) is 5.56 Å². The molecule has 2 heterocycles. The van der Waals surface area contributed by atoms with Gasteiger partial charge in [-0.25, -0.2) is 9.97 Å². The van der Waals surface area contributed by atoms with Gasteiger partial charge in [-0.1, -0.05) is 42.5 Å². The Balaban J connectivity index is 1.60. The van der Waals surface area contributed by atoms with Crippen LogP contribution in [-0.4, -0.2) is 26.2 Å². The summed E-state index contributed by atoms with van der Waals surface area (Å²) in [6, 6.07) is 22.9. The van der Waals surface area contributed by atoms with E-state index in [1.807, 2.05) is 96.6 Å². The number of nitrogens with zero attached hydrogens (tertiary/aromatic N) is 4. The van der Waals surface area contributed by atoms with E-state index in [4.69, 9.17) is 9.72 Å². The molecule has 0 aliphatic carbocycles. The summed E-state index contributed by atoms with van der Waals surface area (Å²) in [7, 11) is 1.65. The molecule has 6 heteroatoms. The number of benzene rings is 3. The summed E-state index contributed by atoms with van der Waals surface area (Å²) in [5.41, 5.74) is 4.09. The Morgan fingerprint density at radius 1 is 0.939 bits per heavy atom. The van der Waals surface area contributed by atoms with Crippen molar-refractivity contribution >= 4 is 23.1 Å². The van der Waals surface area contributed by atoms with Gasteiger partial charge in [-0.2, -0.15) is 0 Å². The van der Waals surface area contributed by atoms with Crippen LogP contribution in [0.1, 0.15) is 17.1 Å². The number of ether oxygens (including phenoxy) is 1. The zero-order chi connectivity index (χ0) is 22.8. The third kappa shape index (κ3) is 3.94. The molecule has 0 fully saturated rings. The largest absolute Gasteiger partial charge is 0.495 e. The number of para-hydroxylation sites is 2. The summed E-state index contributed by atoms with van der Waals surface area (Å²) in [4.78, 5) is 22.4. The molecule has 0 spiro atoms. The third-order valence-corrected chi connectivity index (χ3v) is 5.43. The zero-order valence-electron chi connectivity index (χ0n) is 18.3. The predicted molar refractivity (Wildman–Crippen MR) is 131 cm³/mol. The quantitative estimate of drug-likeness (QED) is 0.388. The molecular formula is C27H22N4O2. The van der Waals surface area contributed by atoms with Crippen LogP contribution in [0.25, 0.3) is 34.4 Å². The van der Waals surface area contributed by atoms with E-state index in [-0.39, 0.29) is 5.56 Å². The summed E-state index contributed by atoms with van der Waals surface area (Å²) in [6.45, 7) is 1.95. The SMILES string of the molecule is COc1cc(/C=C/c2nc3ccccc3c(=O)n2-c2ccccc2)ccc1-n1cnc(C)c1. The van der Waals surface area contributed by atoms with Gasteiger partial charge >= 0.3 is 0 Å². The highest BCUT2D eigenvalue weighted by molar-refractivity contribution is 5.80. The van der Waals surface area contributed by atoms with Crippen LogP contribution in [0, 0.1) is 6.92 Å². The summed E-state index contributed by atoms with van der Waals surface area (Å²) in [5.74, 6) is 1.28. The maximum absolute atomic E-state index is 13.3. The summed E-state index contributed by atoms with van der Waals surface area (Å²) < 4.78 is 9.19. The number of hydrogen-bond acceptors (Lipinski definition) is 4. The minimum Gasteiger partial charge on any atom is -0.495 e. The maximum atomic E-state index is 13.3. The van der Waals surface area contributed by atoms with Crippen LogP contribution < -0.4 is 10.3 Å². The van der Waals surface area contributed by atoms with Crippen LogP contribution in [-0.2, 0) is 0 Å². The molecule has 162 valence electrons. The molecule has 2 aromatic heterocycles. The fraction of sp³-hybridized carbons (Fsp3) is 0.0741. The highest BCUT2D eigenvalue weighted by atomic mass is 16.5. The first-order valence-corrected chi connectivity index (χ1v) is 10.6. The molecule has 0 radical (unpaired) electrons. The van der Waals surface area contributed by atoms with Gasteiger partial charge in [0.05, 0.1) is 41.4 Å². The van der Waals surface area contributed by atoms with Crippen molar-refractivity contribution in [2.24, 2.45) is 0 Å². The van der Waals surface area contributed by atoms with Gasteiger partial charge in [0.1, 0.15) is 11.6 Å². The van der Waals surface area contributed by atoms with E-state index in [1.54, 1.807) is 24.1 Å². The van der Waals surface area contributed by atoms with E-state index in [1.165, 1.54) is 0 Å². The number of imidazole rings is 1. The van der Waals surface area contributed by atoms with Crippen LogP contribution in [0.3, 0.4) is 0 Å². The van der Waals surface area contributed by atoms with Crippen LogP contribution in [0.5, 0.6) is 5.75 Å². The van der Waals surface area contributed by atoms with E-state index in [0.29, 0.717) is 16.7 Å². The Hall–Kier alpha value is -4.45. The Bertz CT molecular complexity index is 1530. The molecule has 0 bridgehead atoms. The molecule has 5 rings (SSSR count). The van der Waals surface area contributed by atoms with Gasteiger partial charge in [0.2, 0.25) is 0 Å². The lowest BCUT2D eigenvalue weighted by molar-refractivity contribution is 0.413. The third-order valence-electron chi connectivity index (χ3n) is 5.43. The highest BCUT2D eigenvalue weighted by Gasteiger charge is 2.11. The Morgan fingerprint density at radius 3 is 2.48 bits per heavy atom. The molecule has 0 saturated carbocycles. The Morgan fingerprint density at radius 2 is 1.73 bits per heavy atom. The van der Waals surface area contributed by atoms with Gasteiger partial charge in [0.15, 0.2) is 0 Å². The fourth-order valence-electron chi connectivity index (χ4n) is 3.82. The van der Waals surface area contributed by atoms with Crippen molar-refractivity contribution in [3.05, 3.63) is 113 Å². The van der Waals surface area contributed by atoms with E-state index >= 15 is 0 Å². The van der Waals surface area contributed by atoms with Crippen molar-refractivity contribution in [1.29, 1.82) is 0 Å². The first-order chi connectivity index (χ1) is 16.1. The lowest BCUT2D eigenvalue weighted by Gasteiger charge is -2.12. The predicted octanol–water partition coefficient (Wildman–Crippen LogP) is 5.06. The normalized spacial score (nSPS) is 11.3. The van der Waals surface area contributed by atoms with Gasteiger partial charge in [-0.05, 0) is 55.0 Å². The minimum atomic E-state index is -0.102. The molecule has 3 aromatic carbocycles. The molecule has 0 aliphatic rings. The molecule has 0 saturated heterocycles. The number of aryl methyl sites for hydroxylation is 1. The second-order valence-electron chi connectivity index (χ2n) is 7.65. The molecular weight excluding hydrogens is 412 g/mol. The number of rotatable bonds is 5. The summed E-state index contributed by atoms with van der Waals surface area (Å²) in [5, 5.41) is 0.583. The van der Waals surface area contributed by atoms with Crippen molar-refractivity contribution in [2.75, 3.05) is 7.11 Å². The molecule has 0 N–H and O–H groups in total. The van der Waals surface area contributed by atoms with Crippen LogP contribution >= 0.6 is 0 Å². The van der Waals surface area contributed by atoms with Crippen LogP contribution in [0.2, 0.25) is 0 Å². The molecule has 0 atom stereocenters. The van der Waals surface area contributed by atoms with Gasteiger partial charge in [-0.3, -0.25) is 9.36 Å². The minimum absolute atomic E-state index is 0.102. The fourth-order valence-corrected chi connectivity index (χ4v) is 3.82. The number of methoxy groups -OCH3 is 1. The number of aromatic nitrogens is 4. The van der Waals surface area contributed by atoms with Crippen molar-refractivity contribution in [2.45, 2.75) is 6.92 Å². The van der Waals surface area contributed by atoms with Gasteiger partial charge in [0, 0.05) is 6.20 Å². The Labute approximate surface area is 191 Å². The average molecular weight is 434 g/mol. The molecule has 33 heavy (non-hydrogen) atoms. The first-order valence-electron chi connectivity index (χ1n) is 10.6. The average Bonchev–Trinajstić information content (AvgIpc) is 3.29. The monoisotopic (exact) mass is 434 g/mol. The Kier molecular flexibility index (Phi) is 5.32. The smallest absolute Gasteiger partial charge is 0.266 e. The molecule has 5 aromatic rings. The van der Waals surface area contributed by atoms with Gasteiger partial charge in [-0.15, -0.1) is 0 Å². The molecule has 0 unspecified atom stereocenters. The maximum Gasteiger partial charge on any atom is 0.266 e. The van der Waals surface area contributed by atoms with Crippen LogP contribution in [0.15, 0.2) is 90.1 Å². The lowest BCUT2D eigenvalue weighted by atomic mass is 10.1. The van der Waals surface area contributed by atoms with E-state index in [9.17, 15) is 4.79 Å². The van der Waals surface area contributed by atoms with E-state index < -0.39 is 0 Å². The van der Waals surface area contributed by atoms with Crippen molar-refractivity contribution < 1.29 is 4.74 Å². The lowest BCUT2D eigenvalue weighted by Crippen LogP contribution is -2.22. The van der Waals surface area contributed by atoms with Crippen LogP contribution in [0.4, 0.5) is 0 Å². The molecule has 0 amide bonds. The van der Waals surface area contributed by atoms with Crippen molar-refractivity contribution in [1.82, 2.24) is 19.1 Å². The molecule has 0 aliphatic heterocycles. The summed E-state index contributed by atoms with van der Waals surface area (Å²) >= 11 is 0. The standard InChI is InChI=1S/C27H22N4O2/c1-19-17-30(18-28-19)24-14-12-20(16-25(24)33-2)13-15-26-29-23-11-7-6-10-22(23)27(32)31(26)21-8-4-3-5-9-21/h3-18H,1-2H3/b15-13+. The molecule has 6 nitrogen and oxygen atoms in total. The first kappa shape index (κ1) is 20.5. The topological polar surface area (TPSA) is 61.9 Å².